The van der Waals surface area contributed by atoms with Crippen LogP contribution in [0.2, 0.25) is 0 Å². The van der Waals surface area contributed by atoms with Crippen LogP contribution in [0.15, 0.2) is 60.7 Å². The van der Waals surface area contributed by atoms with E-state index in [0.29, 0.717) is 22.4 Å². The summed E-state index contributed by atoms with van der Waals surface area (Å²) in [4.78, 5) is 23.6. The summed E-state index contributed by atoms with van der Waals surface area (Å²) in [5, 5.41) is 9.21. The number of hydrogen-bond acceptors (Lipinski definition) is 4. The lowest BCUT2D eigenvalue weighted by Crippen LogP contribution is -2.08. The summed E-state index contributed by atoms with van der Waals surface area (Å²) in [6.45, 7) is 5.06. The van der Waals surface area contributed by atoms with Gasteiger partial charge >= 0.3 is 5.97 Å². The molecule has 0 radical (unpaired) electrons. The van der Waals surface area contributed by atoms with E-state index >= 15 is 0 Å². The van der Waals surface area contributed by atoms with Gasteiger partial charge in [-0.05, 0) is 55.5 Å². The summed E-state index contributed by atoms with van der Waals surface area (Å²) >= 11 is 0. The van der Waals surface area contributed by atoms with Crippen LogP contribution in [-0.2, 0) is 4.79 Å². The van der Waals surface area contributed by atoms with E-state index < -0.39 is 5.97 Å². The zero-order chi connectivity index (χ0) is 15.4. The molecule has 4 heteroatoms. The Kier molecular flexibility index (Phi) is 4.18. The fraction of sp³-hybridized carbons (Fsp3) is 0.0588. The molecule has 0 aliphatic carbocycles. The van der Waals surface area contributed by atoms with E-state index in [-0.39, 0.29) is 11.5 Å². The summed E-state index contributed by atoms with van der Waals surface area (Å²) < 4.78 is 5.05. The highest BCUT2D eigenvalue weighted by Crippen LogP contribution is 2.18. The van der Waals surface area contributed by atoms with Crippen LogP contribution in [0.4, 0.5) is 0 Å². The van der Waals surface area contributed by atoms with Gasteiger partial charge in [-0.25, -0.2) is 4.79 Å². The Morgan fingerprint density at radius 2 is 1.43 bits per heavy atom. The Labute approximate surface area is 122 Å². The minimum absolute atomic E-state index is 0.105. The van der Waals surface area contributed by atoms with Crippen molar-refractivity contribution in [2.24, 2.45) is 0 Å². The fourth-order valence-electron chi connectivity index (χ4n) is 1.65. The van der Waals surface area contributed by atoms with Gasteiger partial charge in [0.1, 0.15) is 11.5 Å². The van der Waals surface area contributed by atoms with Crippen LogP contribution in [0, 0.1) is 0 Å². The number of ether oxygens (including phenoxy) is 1. The molecule has 0 saturated carbocycles. The van der Waals surface area contributed by atoms with Crippen molar-refractivity contribution in [2.75, 3.05) is 0 Å². The molecule has 4 nitrogen and oxygen atoms in total. The number of carbonyl (C=O) groups excluding carboxylic acids is 2. The third-order valence-corrected chi connectivity index (χ3v) is 2.81. The van der Waals surface area contributed by atoms with Gasteiger partial charge in [0.05, 0.1) is 0 Å². The fourth-order valence-corrected chi connectivity index (χ4v) is 1.65. The smallest absolute Gasteiger partial charge is 0.338 e. The number of rotatable bonds is 4. The maximum atomic E-state index is 12.2. The quantitative estimate of drug-likeness (QED) is 0.405. The SMILES string of the molecule is C=C(C)C(=O)Oc1ccc(C(=O)c2ccc(O)cc2)cc1. The molecule has 0 saturated heterocycles. The first-order valence-electron chi connectivity index (χ1n) is 6.29. The lowest BCUT2D eigenvalue weighted by molar-refractivity contribution is -0.130. The Morgan fingerprint density at radius 1 is 0.952 bits per heavy atom. The van der Waals surface area contributed by atoms with Crippen LogP contribution in [0.3, 0.4) is 0 Å². The Morgan fingerprint density at radius 3 is 1.90 bits per heavy atom. The Bertz CT molecular complexity index is 682. The first-order chi connectivity index (χ1) is 9.97. The molecule has 2 aromatic rings. The number of esters is 1. The summed E-state index contributed by atoms with van der Waals surface area (Å²) in [5.41, 5.74) is 1.24. The second-order valence-electron chi connectivity index (χ2n) is 4.57. The Balaban J connectivity index is 2.15. The van der Waals surface area contributed by atoms with Crippen LogP contribution >= 0.6 is 0 Å². The highest BCUT2D eigenvalue weighted by molar-refractivity contribution is 6.09. The van der Waals surface area contributed by atoms with Crippen molar-refractivity contribution in [3.63, 3.8) is 0 Å². The molecule has 2 aromatic carbocycles. The highest BCUT2D eigenvalue weighted by Gasteiger charge is 2.10. The van der Waals surface area contributed by atoms with Crippen molar-refractivity contribution in [3.05, 3.63) is 71.8 Å². The van der Waals surface area contributed by atoms with Gasteiger partial charge in [0.15, 0.2) is 5.78 Å². The molecule has 1 N–H and O–H groups in total. The highest BCUT2D eigenvalue weighted by atomic mass is 16.5. The third-order valence-electron chi connectivity index (χ3n) is 2.81. The maximum Gasteiger partial charge on any atom is 0.338 e. The topological polar surface area (TPSA) is 63.6 Å². The molecule has 0 fully saturated rings. The van der Waals surface area contributed by atoms with Crippen molar-refractivity contribution >= 4 is 11.8 Å². The van der Waals surface area contributed by atoms with E-state index in [0.717, 1.165) is 0 Å². The lowest BCUT2D eigenvalue weighted by atomic mass is 10.0. The number of phenolic OH excluding ortho intramolecular Hbond substituents is 1. The zero-order valence-corrected chi connectivity index (χ0v) is 11.5. The largest absolute Gasteiger partial charge is 0.508 e. The Hall–Kier alpha value is -2.88. The molecule has 0 atom stereocenters. The molecular weight excluding hydrogens is 268 g/mol. The average molecular weight is 282 g/mol. The number of benzene rings is 2. The molecule has 0 aliphatic rings. The van der Waals surface area contributed by atoms with Gasteiger partial charge in [0, 0.05) is 16.7 Å². The van der Waals surface area contributed by atoms with Crippen LogP contribution in [0.25, 0.3) is 0 Å². The second-order valence-corrected chi connectivity index (χ2v) is 4.57. The molecule has 2 rings (SSSR count). The lowest BCUT2D eigenvalue weighted by Gasteiger charge is -2.05. The average Bonchev–Trinajstić information content (AvgIpc) is 2.48. The molecule has 0 amide bonds. The zero-order valence-electron chi connectivity index (χ0n) is 11.5. The number of aromatic hydroxyl groups is 1. The second kappa shape index (κ2) is 6.05. The molecule has 0 aromatic heterocycles. The van der Waals surface area contributed by atoms with Crippen molar-refractivity contribution in [1.82, 2.24) is 0 Å². The van der Waals surface area contributed by atoms with Crippen molar-refractivity contribution in [2.45, 2.75) is 6.92 Å². The van der Waals surface area contributed by atoms with Crippen molar-refractivity contribution in [3.8, 4) is 11.5 Å². The van der Waals surface area contributed by atoms with Gasteiger partial charge in [-0.2, -0.15) is 0 Å². The number of hydrogen-bond donors (Lipinski definition) is 1. The van der Waals surface area contributed by atoms with Gasteiger partial charge in [-0.3, -0.25) is 4.79 Å². The number of phenols is 1. The van der Waals surface area contributed by atoms with Crippen molar-refractivity contribution < 1.29 is 19.4 Å². The van der Waals surface area contributed by atoms with Gasteiger partial charge in [0.25, 0.3) is 0 Å². The molecule has 106 valence electrons. The minimum atomic E-state index is -0.507. The van der Waals surface area contributed by atoms with Gasteiger partial charge in [-0.1, -0.05) is 6.58 Å². The summed E-state index contributed by atoms with van der Waals surface area (Å²) in [7, 11) is 0. The molecule has 0 aliphatic heterocycles. The monoisotopic (exact) mass is 282 g/mol. The molecule has 0 unspecified atom stereocenters. The molecule has 21 heavy (non-hydrogen) atoms. The van der Waals surface area contributed by atoms with Crippen LogP contribution in [0.5, 0.6) is 11.5 Å². The van der Waals surface area contributed by atoms with Gasteiger partial charge in [-0.15, -0.1) is 0 Å². The van der Waals surface area contributed by atoms with E-state index in [9.17, 15) is 14.7 Å². The summed E-state index contributed by atoms with van der Waals surface area (Å²) in [6.07, 6.45) is 0. The first kappa shape index (κ1) is 14.5. The summed E-state index contributed by atoms with van der Waals surface area (Å²) in [5.74, 6) is -0.223. The van der Waals surface area contributed by atoms with Gasteiger partial charge < -0.3 is 9.84 Å². The van der Waals surface area contributed by atoms with E-state index in [4.69, 9.17) is 4.74 Å². The van der Waals surface area contributed by atoms with E-state index in [1.807, 2.05) is 0 Å². The van der Waals surface area contributed by atoms with E-state index in [1.54, 1.807) is 43.3 Å². The predicted octanol–water partition coefficient (Wildman–Crippen LogP) is 3.10. The third kappa shape index (κ3) is 3.57. The first-order valence-corrected chi connectivity index (χ1v) is 6.29. The van der Waals surface area contributed by atoms with Gasteiger partial charge in [0.2, 0.25) is 0 Å². The van der Waals surface area contributed by atoms with E-state index in [2.05, 4.69) is 6.58 Å². The number of ketones is 1. The van der Waals surface area contributed by atoms with Crippen LogP contribution in [0.1, 0.15) is 22.8 Å². The predicted molar refractivity (Wildman–Crippen MR) is 78.4 cm³/mol. The molecule has 0 heterocycles. The van der Waals surface area contributed by atoms with E-state index in [1.165, 1.54) is 12.1 Å². The van der Waals surface area contributed by atoms with Crippen molar-refractivity contribution in [1.29, 1.82) is 0 Å². The molecule has 0 bridgehead atoms. The molecular formula is C17H14O4. The maximum absolute atomic E-state index is 12.2. The molecule has 0 spiro atoms. The summed E-state index contributed by atoms with van der Waals surface area (Å²) in [6, 6.07) is 12.3. The normalized spacial score (nSPS) is 9.95. The number of carbonyl (C=O) groups is 2. The standard InChI is InChI=1S/C17H14O4/c1-11(2)17(20)21-15-9-5-13(6-10-15)16(19)12-3-7-14(18)8-4-12/h3-10,18H,1H2,2H3. The van der Waals surface area contributed by atoms with Crippen LogP contribution in [-0.4, -0.2) is 16.9 Å². The van der Waals surface area contributed by atoms with Crippen LogP contribution < -0.4 is 4.74 Å². The minimum Gasteiger partial charge on any atom is -0.508 e.